The second-order valence-electron chi connectivity index (χ2n) is 6.52. The number of carbonyl (C=O) groups excluding carboxylic acids is 1. The van der Waals surface area contributed by atoms with Gasteiger partial charge >= 0.3 is 0 Å². The Balaban J connectivity index is 1.73. The fraction of sp³-hybridized carbons (Fsp3) is 0.316. The van der Waals surface area contributed by atoms with Crippen LogP contribution >= 0.6 is 11.3 Å². The van der Waals surface area contributed by atoms with Gasteiger partial charge in [0.2, 0.25) is 5.95 Å². The molecule has 0 aliphatic carbocycles. The maximum Gasteiger partial charge on any atom is 0.263 e. The molecule has 3 aromatic rings. The van der Waals surface area contributed by atoms with E-state index >= 15 is 0 Å². The molecule has 3 heterocycles. The van der Waals surface area contributed by atoms with E-state index in [0.29, 0.717) is 5.92 Å². The molecule has 1 saturated heterocycles. The van der Waals surface area contributed by atoms with E-state index in [9.17, 15) is 4.79 Å². The average Bonchev–Trinajstić information content (AvgIpc) is 3.26. The van der Waals surface area contributed by atoms with Crippen LogP contribution in [-0.4, -0.2) is 48.0 Å². The van der Waals surface area contributed by atoms with Gasteiger partial charge in [-0.25, -0.2) is 9.97 Å². The Labute approximate surface area is 150 Å². The van der Waals surface area contributed by atoms with Crippen LogP contribution in [0.15, 0.2) is 42.7 Å². The van der Waals surface area contributed by atoms with Gasteiger partial charge in [-0.3, -0.25) is 4.79 Å². The van der Waals surface area contributed by atoms with Crippen molar-refractivity contribution in [2.75, 3.05) is 32.1 Å². The monoisotopic (exact) mass is 352 g/mol. The molecule has 0 saturated carbocycles. The van der Waals surface area contributed by atoms with E-state index in [1.54, 1.807) is 28.6 Å². The van der Waals surface area contributed by atoms with Crippen LogP contribution in [0.1, 0.15) is 27.6 Å². The molecule has 1 aromatic carbocycles. The molecule has 1 aliphatic rings. The summed E-state index contributed by atoms with van der Waals surface area (Å²) in [6.07, 6.45) is 4.56. The summed E-state index contributed by atoms with van der Waals surface area (Å²) in [6, 6.07) is 10.1. The standard InChI is InChI=1S/C19H20N4OS/c1-22(2)18(24)17-16(14-6-3-4-7-15(14)25-17)13-8-11-23(12-13)19-20-9-5-10-21-19/h3-7,9-10,13H,8,11-12H2,1-2H3/t13-/m0/s1. The second-order valence-corrected chi connectivity index (χ2v) is 7.57. The molecule has 0 bridgehead atoms. The van der Waals surface area contributed by atoms with Gasteiger partial charge in [0, 0.05) is 50.2 Å². The van der Waals surface area contributed by atoms with Crippen molar-refractivity contribution in [1.82, 2.24) is 14.9 Å². The normalized spacial score (nSPS) is 17.2. The Hall–Kier alpha value is -2.47. The van der Waals surface area contributed by atoms with Gasteiger partial charge in [-0.2, -0.15) is 0 Å². The lowest BCUT2D eigenvalue weighted by Gasteiger charge is -2.17. The number of nitrogens with zero attached hydrogens (tertiary/aromatic N) is 4. The molecular formula is C19H20N4OS. The molecule has 5 nitrogen and oxygen atoms in total. The summed E-state index contributed by atoms with van der Waals surface area (Å²) in [4.78, 5) is 26.2. The number of anilines is 1. The summed E-state index contributed by atoms with van der Waals surface area (Å²) in [7, 11) is 3.63. The number of aromatic nitrogens is 2. The van der Waals surface area contributed by atoms with Crippen molar-refractivity contribution < 1.29 is 4.79 Å². The largest absolute Gasteiger partial charge is 0.344 e. The third-order valence-corrected chi connectivity index (χ3v) is 5.84. The zero-order valence-corrected chi connectivity index (χ0v) is 15.2. The summed E-state index contributed by atoms with van der Waals surface area (Å²) in [5, 5.41) is 1.21. The Morgan fingerprint density at radius 3 is 2.72 bits per heavy atom. The van der Waals surface area contributed by atoms with Gasteiger partial charge < -0.3 is 9.80 Å². The minimum atomic E-state index is 0.0885. The Bertz CT molecular complexity index is 906. The van der Waals surface area contributed by atoms with E-state index in [1.165, 1.54) is 15.6 Å². The van der Waals surface area contributed by atoms with Crippen LogP contribution < -0.4 is 4.90 Å². The number of rotatable bonds is 3. The second kappa shape index (κ2) is 6.44. The molecule has 1 amide bonds. The number of amides is 1. The first-order valence-electron chi connectivity index (χ1n) is 8.40. The lowest BCUT2D eigenvalue weighted by Crippen LogP contribution is -2.24. The average molecular weight is 352 g/mol. The summed E-state index contributed by atoms with van der Waals surface area (Å²) < 4.78 is 1.18. The van der Waals surface area contributed by atoms with Gasteiger partial charge in [-0.15, -0.1) is 11.3 Å². The van der Waals surface area contributed by atoms with E-state index < -0.39 is 0 Å². The summed E-state index contributed by atoms with van der Waals surface area (Å²) in [6.45, 7) is 1.76. The summed E-state index contributed by atoms with van der Waals surface area (Å²) in [5.41, 5.74) is 1.19. The molecule has 4 rings (SSSR count). The maximum atomic E-state index is 12.7. The van der Waals surface area contributed by atoms with Gasteiger partial charge in [0.05, 0.1) is 4.88 Å². The molecule has 0 spiro atoms. The maximum absolute atomic E-state index is 12.7. The summed E-state index contributed by atoms with van der Waals surface area (Å²) in [5.74, 6) is 1.18. The molecule has 6 heteroatoms. The third-order valence-electron chi connectivity index (χ3n) is 4.67. The number of carbonyl (C=O) groups is 1. The van der Waals surface area contributed by atoms with Crippen LogP contribution in [-0.2, 0) is 0 Å². The number of fused-ring (bicyclic) bond motifs is 1. The van der Waals surface area contributed by atoms with E-state index in [2.05, 4.69) is 33.1 Å². The highest BCUT2D eigenvalue weighted by atomic mass is 32.1. The van der Waals surface area contributed by atoms with E-state index in [-0.39, 0.29) is 5.91 Å². The molecular weight excluding hydrogens is 332 g/mol. The quantitative estimate of drug-likeness (QED) is 0.725. The van der Waals surface area contributed by atoms with Crippen LogP contribution in [0.4, 0.5) is 5.95 Å². The minimum absolute atomic E-state index is 0.0885. The van der Waals surface area contributed by atoms with Crippen LogP contribution in [0.2, 0.25) is 0 Å². The van der Waals surface area contributed by atoms with Gasteiger partial charge in [-0.1, -0.05) is 18.2 Å². The topological polar surface area (TPSA) is 49.3 Å². The summed E-state index contributed by atoms with van der Waals surface area (Å²) >= 11 is 1.60. The van der Waals surface area contributed by atoms with Crippen LogP contribution in [0.25, 0.3) is 10.1 Å². The van der Waals surface area contributed by atoms with E-state index in [0.717, 1.165) is 30.3 Å². The number of benzene rings is 1. The highest BCUT2D eigenvalue weighted by Gasteiger charge is 2.31. The molecule has 1 atom stereocenters. The number of thiophene rings is 1. The SMILES string of the molecule is CN(C)C(=O)c1sc2ccccc2c1[C@H]1CCN(c2ncccn2)C1. The van der Waals surface area contributed by atoms with Gasteiger partial charge in [0.25, 0.3) is 5.91 Å². The predicted octanol–water partition coefficient (Wildman–Crippen LogP) is 3.39. The zero-order chi connectivity index (χ0) is 17.4. The van der Waals surface area contributed by atoms with Crippen LogP contribution in [0.5, 0.6) is 0 Å². The molecule has 25 heavy (non-hydrogen) atoms. The fourth-order valence-corrected chi connectivity index (χ4v) is 4.78. The first kappa shape index (κ1) is 16.0. The lowest BCUT2D eigenvalue weighted by atomic mass is 9.95. The van der Waals surface area contributed by atoms with E-state index in [1.807, 2.05) is 26.2 Å². The van der Waals surface area contributed by atoms with E-state index in [4.69, 9.17) is 0 Å². The highest BCUT2D eigenvalue weighted by molar-refractivity contribution is 7.21. The zero-order valence-electron chi connectivity index (χ0n) is 14.3. The molecule has 0 unspecified atom stereocenters. The molecule has 2 aromatic heterocycles. The van der Waals surface area contributed by atoms with Crippen molar-refractivity contribution >= 4 is 33.3 Å². The van der Waals surface area contributed by atoms with Gasteiger partial charge in [0.15, 0.2) is 0 Å². The van der Waals surface area contributed by atoms with Gasteiger partial charge in [0.1, 0.15) is 0 Å². The van der Waals surface area contributed by atoms with Crippen LogP contribution in [0, 0.1) is 0 Å². The van der Waals surface area contributed by atoms with Crippen molar-refractivity contribution in [2.24, 2.45) is 0 Å². The smallest absolute Gasteiger partial charge is 0.263 e. The van der Waals surface area contributed by atoms with Gasteiger partial charge in [-0.05, 0) is 29.5 Å². The Kier molecular flexibility index (Phi) is 4.13. The Morgan fingerprint density at radius 2 is 1.96 bits per heavy atom. The minimum Gasteiger partial charge on any atom is -0.344 e. The van der Waals surface area contributed by atoms with Crippen molar-refractivity contribution in [3.05, 3.63) is 53.2 Å². The van der Waals surface area contributed by atoms with Crippen molar-refractivity contribution in [2.45, 2.75) is 12.3 Å². The number of hydrogen-bond donors (Lipinski definition) is 0. The number of hydrogen-bond acceptors (Lipinski definition) is 5. The van der Waals surface area contributed by atoms with Crippen molar-refractivity contribution in [3.8, 4) is 0 Å². The molecule has 128 valence electrons. The van der Waals surface area contributed by atoms with Crippen molar-refractivity contribution in [1.29, 1.82) is 0 Å². The Morgan fingerprint density at radius 1 is 1.20 bits per heavy atom. The lowest BCUT2D eigenvalue weighted by molar-refractivity contribution is 0.0831. The molecule has 0 radical (unpaired) electrons. The fourth-order valence-electron chi connectivity index (χ4n) is 3.46. The molecule has 1 aliphatic heterocycles. The third kappa shape index (κ3) is 2.87. The molecule has 0 N–H and O–H groups in total. The highest BCUT2D eigenvalue weighted by Crippen LogP contribution is 2.40. The first-order valence-corrected chi connectivity index (χ1v) is 9.22. The molecule has 1 fully saturated rings. The predicted molar refractivity (Wildman–Crippen MR) is 101 cm³/mol. The first-order chi connectivity index (χ1) is 12.1. The van der Waals surface area contributed by atoms with Crippen LogP contribution in [0.3, 0.4) is 0 Å². The van der Waals surface area contributed by atoms with Crippen molar-refractivity contribution in [3.63, 3.8) is 0 Å².